The summed E-state index contributed by atoms with van der Waals surface area (Å²) in [6, 6.07) is 17.7. The first kappa shape index (κ1) is 49.0. The summed E-state index contributed by atoms with van der Waals surface area (Å²) < 4.78 is 296. The topological polar surface area (TPSA) is 58.2 Å². The van der Waals surface area contributed by atoms with Crippen LogP contribution in [0.3, 0.4) is 0 Å². The fourth-order valence-corrected chi connectivity index (χ4v) is 7.30. The van der Waals surface area contributed by atoms with E-state index in [0.717, 1.165) is 10.9 Å². The molecule has 0 spiro atoms. The standard InChI is InChI=1S/C24BF20.C18H13NO3/c26-5-1(6(27)14(35)21(42)13(5)34)25(2-7(28)15(36)22(43)16(37)8(2)29,3-9(30)17(38)23(44)18(39)10(3)31)4-11(32)19(40)24(45)20(41)12(4)33;20-17(13-5-2-1-3-6-13)12-19-10-4-7-14-11-15(18(21)22)8-9-16(14)19/h;1-11H,12H2/q-1;/p+1. The number of carbonyl (C=O) groups excluding carboxylic acids is 1. The molecule has 7 aromatic rings. The zero-order valence-corrected chi connectivity index (χ0v) is 31.9. The third-order valence-electron chi connectivity index (χ3n) is 10.2. The molecule has 1 heterocycles. The third kappa shape index (κ3) is 7.73. The van der Waals surface area contributed by atoms with Gasteiger partial charge in [0.2, 0.25) is 17.8 Å². The number of nitrogens with zero attached hydrogens (tertiary/aromatic N) is 1. The Balaban J connectivity index is 0.000000279. The van der Waals surface area contributed by atoms with Gasteiger partial charge in [-0.2, -0.15) is 4.57 Å². The van der Waals surface area contributed by atoms with E-state index in [0.29, 0.717) is 5.56 Å². The summed E-state index contributed by atoms with van der Waals surface area (Å²) in [5, 5.41) is 9.84. The second-order valence-electron chi connectivity index (χ2n) is 13.8. The number of hydrogen-bond acceptors (Lipinski definition) is 2. The van der Waals surface area contributed by atoms with Crippen LogP contribution in [0.15, 0.2) is 66.9 Å². The van der Waals surface area contributed by atoms with Gasteiger partial charge in [-0.3, -0.25) is 4.79 Å². The van der Waals surface area contributed by atoms with E-state index in [-0.39, 0.29) is 17.9 Å². The second kappa shape index (κ2) is 18.1. The van der Waals surface area contributed by atoms with Gasteiger partial charge in [0.1, 0.15) is 52.7 Å². The number of ketones is 1. The number of rotatable bonds is 8. The number of carbonyl (C=O) groups is 2. The van der Waals surface area contributed by atoms with Gasteiger partial charge in [0, 0.05) is 23.1 Å². The minimum atomic E-state index is -7.22. The normalized spacial score (nSPS) is 11.5. The molecule has 0 atom stereocenters. The lowest BCUT2D eigenvalue weighted by atomic mass is 9.12. The molecule has 0 aliphatic carbocycles. The lowest BCUT2D eigenvalue weighted by molar-refractivity contribution is -0.657. The number of Topliss-reactive ketones (excluding diaryl/α,β-unsaturated/α-hetero) is 1. The molecule has 0 saturated carbocycles. The van der Waals surface area contributed by atoms with Crippen LogP contribution in [0.4, 0.5) is 87.8 Å². The number of fused-ring (bicyclic) bond motifs is 1. The Bertz CT molecular complexity index is 2840. The van der Waals surface area contributed by atoms with Gasteiger partial charge in [0.25, 0.3) is 0 Å². The van der Waals surface area contributed by atoms with Gasteiger partial charge < -0.3 is 5.11 Å². The van der Waals surface area contributed by atoms with Crippen LogP contribution in [0.1, 0.15) is 20.7 Å². The predicted octanol–water partition coefficient (Wildman–Crippen LogP) is 8.55. The fourth-order valence-electron chi connectivity index (χ4n) is 7.30. The van der Waals surface area contributed by atoms with Crippen LogP contribution >= 0.6 is 0 Å². The molecule has 67 heavy (non-hydrogen) atoms. The number of carboxylic acid groups (broad SMARTS) is 1. The zero-order valence-electron chi connectivity index (χ0n) is 31.9. The summed E-state index contributed by atoms with van der Waals surface area (Å²) >= 11 is 0. The van der Waals surface area contributed by atoms with Crippen molar-refractivity contribution in [3.8, 4) is 0 Å². The highest BCUT2D eigenvalue weighted by Gasteiger charge is 2.52. The number of aromatic carboxylic acids is 1. The molecule has 0 bridgehead atoms. The van der Waals surface area contributed by atoms with Crippen molar-refractivity contribution in [2.24, 2.45) is 0 Å². The summed E-state index contributed by atoms with van der Waals surface area (Å²) in [6.07, 6.45) is -5.39. The smallest absolute Gasteiger partial charge is 0.335 e. The maximum Gasteiger partial charge on any atom is 0.335 e. The van der Waals surface area contributed by atoms with Crippen molar-refractivity contribution in [1.82, 2.24) is 0 Å². The summed E-state index contributed by atoms with van der Waals surface area (Å²) in [4.78, 5) is 23.3. The van der Waals surface area contributed by atoms with Crippen molar-refractivity contribution in [2.45, 2.75) is 6.54 Å². The lowest BCUT2D eigenvalue weighted by Gasteiger charge is -2.44. The molecule has 0 fully saturated rings. The summed E-state index contributed by atoms with van der Waals surface area (Å²) in [7, 11) is 0. The first-order valence-electron chi connectivity index (χ1n) is 17.8. The molecule has 1 aromatic heterocycles. The Hall–Kier alpha value is -7.47. The van der Waals surface area contributed by atoms with Gasteiger partial charge in [-0.25, -0.2) is 92.6 Å². The molecule has 6 aromatic carbocycles. The van der Waals surface area contributed by atoms with Crippen LogP contribution in [-0.2, 0) is 6.54 Å². The van der Waals surface area contributed by atoms with Crippen LogP contribution in [0, 0.1) is 116 Å². The number of benzene rings is 6. The van der Waals surface area contributed by atoms with Gasteiger partial charge in [0.05, 0.1) is 5.56 Å². The number of hydrogen-bond donors (Lipinski definition) is 1. The molecule has 25 heteroatoms. The Labute approximate surface area is 358 Å². The number of aromatic nitrogens is 1. The van der Waals surface area contributed by atoms with Gasteiger partial charge in [-0.15, -0.1) is 21.9 Å². The number of carboxylic acids is 1. The van der Waals surface area contributed by atoms with Gasteiger partial charge in [-0.05, 0) is 18.2 Å². The lowest BCUT2D eigenvalue weighted by Crippen LogP contribution is -2.81. The molecule has 4 nitrogen and oxygen atoms in total. The first-order valence-corrected chi connectivity index (χ1v) is 17.8. The molecule has 1 N–H and O–H groups in total. The summed E-state index contributed by atoms with van der Waals surface area (Å²) in [5.74, 6) is -72.4. The van der Waals surface area contributed by atoms with Crippen molar-refractivity contribution >= 4 is 50.7 Å². The Morgan fingerprint density at radius 3 is 1.01 bits per heavy atom. The van der Waals surface area contributed by atoms with E-state index in [4.69, 9.17) is 5.11 Å². The van der Waals surface area contributed by atoms with Gasteiger partial charge in [0.15, 0.2) is 76.0 Å². The van der Waals surface area contributed by atoms with Crippen LogP contribution in [0.5, 0.6) is 0 Å². The molecule has 0 amide bonds. The third-order valence-corrected chi connectivity index (χ3v) is 10.2. The van der Waals surface area contributed by atoms with Gasteiger partial charge in [-0.1, -0.05) is 30.3 Å². The van der Waals surface area contributed by atoms with Crippen LogP contribution < -0.4 is 26.4 Å². The van der Waals surface area contributed by atoms with Crippen molar-refractivity contribution < 1.29 is 107 Å². The highest BCUT2D eigenvalue weighted by atomic mass is 19.2. The maximum absolute atomic E-state index is 15.4. The van der Waals surface area contributed by atoms with E-state index in [1.807, 2.05) is 41.1 Å². The second-order valence-corrected chi connectivity index (χ2v) is 13.8. The van der Waals surface area contributed by atoms with Crippen LogP contribution in [0.2, 0.25) is 0 Å². The molecule has 0 saturated heterocycles. The molecule has 0 unspecified atom stereocenters. The first-order chi connectivity index (χ1) is 31.3. The van der Waals surface area contributed by atoms with Crippen LogP contribution in [0.25, 0.3) is 10.9 Å². The molecule has 348 valence electrons. The van der Waals surface area contributed by atoms with E-state index in [2.05, 4.69) is 0 Å². The number of halogens is 20. The molecule has 7 rings (SSSR count). The molecular formula is C42H14BF20NO3. The van der Waals surface area contributed by atoms with E-state index < -0.39 is 150 Å². The van der Waals surface area contributed by atoms with Crippen molar-refractivity contribution in [2.75, 3.05) is 0 Å². The predicted molar refractivity (Wildman–Crippen MR) is 191 cm³/mol. The van der Waals surface area contributed by atoms with Crippen LogP contribution in [-0.4, -0.2) is 23.0 Å². The minimum Gasteiger partial charge on any atom is -0.478 e. The van der Waals surface area contributed by atoms with Gasteiger partial charge >= 0.3 is 5.97 Å². The zero-order chi connectivity index (χ0) is 49.9. The quantitative estimate of drug-likeness (QED) is 0.0415. The summed E-state index contributed by atoms with van der Waals surface area (Å²) in [5.41, 5.74) is -12.6. The Morgan fingerprint density at radius 1 is 0.388 bits per heavy atom. The Morgan fingerprint density at radius 2 is 0.701 bits per heavy atom. The highest BCUT2D eigenvalue weighted by molar-refractivity contribution is 7.20. The minimum absolute atomic E-state index is 0.0143. The Kier molecular flexibility index (Phi) is 13.2. The number of pyridine rings is 1. The van der Waals surface area contributed by atoms with E-state index in [1.165, 1.54) is 0 Å². The van der Waals surface area contributed by atoms with E-state index in [9.17, 15) is 62.3 Å². The average molecular weight is 971 g/mol. The summed E-state index contributed by atoms with van der Waals surface area (Å²) in [6.45, 7) is 0.216. The highest BCUT2D eigenvalue weighted by Crippen LogP contribution is 2.31. The largest absolute Gasteiger partial charge is 0.478 e. The molecule has 0 aliphatic rings. The van der Waals surface area contributed by atoms with Crippen molar-refractivity contribution in [3.63, 3.8) is 0 Å². The SMILES string of the molecule is Fc1c(F)c(F)c([B-](c2c(F)c(F)c(F)c(F)c2F)(c2c(F)c(F)c(F)c(F)c2F)c2c(F)c(F)c(F)c(F)c2F)c(F)c1F.O=C(O)c1ccc2c(ccc[n+]2CC(=O)c2ccccc2)c1. The van der Waals surface area contributed by atoms with E-state index in [1.54, 1.807) is 30.3 Å². The molecule has 0 radical (unpaired) electrons. The van der Waals surface area contributed by atoms with Crippen molar-refractivity contribution in [3.05, 3.63) is 194 Å². The van der Waals surface area contributed by atoms with Crippen molar-refractivity contribution in [1.29, 1.82) is 0 Å². The maximum atomic E-state index is 15.4. The van der Waals surface area contributed by atoms with E-state index >= 15 is 35.1 Å². The fraction of sp³-hybridized carbons (Fsp3) is 0.0238. The molecule has 0 aliphatic heterocycles. The molecular weight excluding hydrogens is 957 g/mol. The monoisotopic (exact) mass is 971 g/mol. The average Bonchev–Trinajstić information content (AvgIpc) is 3.31.